The lowest BCUT2D eigenvalue weighted by Crippen LogP contribution is -2.04. The van der Waals surface area contributed by atoms with Crippen molar-refractivity contribution in [3.63, 3.8) is 0 Å². The van der Waals surface area contributed by atoms with Gasteiger partial charge in [0.05, 0.1) is 0 Å². The number of nitrogens with one attached hydrogen (secondary N) is 1. The predicted molar refractivity (Wildman–Crippen MR) is 77.6 cm³/mol. The molecule has 2 N–H and O–H groups in total. The first-order chi connectivity index (χ1) is 9.31. The number of ether oxygens (including phenoxy) is 1. The fraction of sp³-hybridized carbons (Fsp3) is 0.400. The topological polar surface area (TPSA) is 54.4 Å². The SMILES string of the molecule is COCCCCCNc1nccc2ccc(O)cc12. The lowest BCUT2D eigenvalue weighted by Gasteiger charge is -2.09. The summed E-state index contributed by atoms with van der Waals surface area (Å²) in [5.74, 6) is 1.10. The van der Waals surface area contributed by atoms with Crippen LogP contribution in [0.1, 0.15) is 19.3 Å². The number of methoxy groups -OCH3 is 1. The number of aromatic hydroxyl groups is 1. The molecule has 2 rings (SSSR count). The van der Waals surface area contributed by atoms with Gasteiger partial charge in [-0.1, -0.05) is 6.07 Å². The molecule has 4 heteroatoms. The molecule has 1 aromatic carbocycles. The molecule has 0 saturated carbocycles. The summed E-state index contributed by atoms with van der Waals surface area (Å²) >= 11 is 0. The van der Waals surface area contributed by atoms with Gasteiger partial charge in [-0.05, 0) is 42.8 Å². The van der Waals surface area contributed by atoms with Crippen molar-refractivity contribution in [2.45, 2.75) is 19.3 Å². The molecule has 19 heavy (non-hydrogen) atoms. The second-order valence-corrected chi connectivity index (χ2v) is 4.55. The molecule has 0 unspecified atom stereocenters. The molecule has 102 valence electrons. The Morgan fingerprint density at radius 3 is 2.95 bits per heavy atom. The lowest BCUT2D eigenvalue weighted by atomic mass is 10.1. The molecule has 0 spiro atoms. The standard InChI is InChI=1S/C15H20N2O2/c1-19-10-4-2-3-8-16-15-14-11-13(18)6-5-12(14)7-9-17-15/h5-7,9,11,18H,2-4,8,10H2,1H3,(H,16,17). The number of phenols is 1. The zero-order valence-electron chi connectivity index (χ0n) is 11.2. The minimum atomic E-state index is 0.267. The Balaban J connectivity index is 1.95. The summed E-state index contributed by atoms with van der Waals surface area (Å²) in [6, 6.07) is 7.28. The largest absolute Gasteiger partial charge is 0.508 e. The van der Waals surface area contributed by atoms with Gasteiger partial charge in [0.25, 0.3) is 0 Å². The molecule has 0 fully saturated rings. The van der Waals surface area contributed by atoms with Crippen molar-refractivity contribution in [2.24, 2.45) is 0 Å². The van der Waals surface area contributed by atoms with Crippen LogP contribution in [0.4, 0.5) is 5.82 Å². The molecule has 1 heterocycles. The van der Waals surface area contributed by atoms with Gasteiger partial charge in [-0.2, -0.15) is 0 Å². The first kappa shape index (κ1) is 13.6. The van der Waals surface area contributed by atoms with Crippen molar-refractivity contribution < 1.29 is 9.84 Å². The number of anilines is 1. The van der Waals surface area contributed by atoms with Crippen LogP contribution in [0, 0.1) is 0 Å². The second kappa shape index (κ2) is 6.95. The Morgan fingerprint density at radius 2 is 2.11 bits per heavy atom. The fourth-order valence-electron chi connectivity index (χ4n) is 2.05. The van der Waals surface area contributed by atoms with Gasteiger partial charge in [0.15, 0.2) is 0 Å². The maximum absolute atomic E-state index is 9.55. The highest BCUT2D eigenvalue weighted by Crippen LogP contribution is 2.24. The molecule has 2 aromatic rings. The highest BCUT2D eigenvalue weighted by Gasteiger charge is 2.02. The van der Waals surface area contributed by atoms with Crippen molar-refractivity contribution in [1.82, 2.24) is 4.98 Å². The van der Waals surface area contributed by atoms with Crippen LogP contribution in [0.5, 0.6) is 5.75 Å². The van der Waals surface area contributed by atoms with E-state index in [-0.39, 0.29) is 5.75 Å². The number of benzene rings is 1. The van der Waals surface area contributed by atoms with Crippen molar-refractivity contribution in [1.29, 1.82) is 0 Å². The highest BCUT2D eigenvalue weighted by molar-refractivity contribution is 5.92. The van der Waals surface area contributed by atoms with Crippen molar-refractivity contribution in [2.75, 3.05) is 25.6 Å². The molecule has 0 aliphatic rings. The van der Waals surface area contributed by atoms with E-state index in [1.165, 1.54) is 0 Å². The number of rotatable bonds is 7. The summed E-state index contributed by atoms with van der Waals surface area (Å²) in [5.41, 5.74) is 0. The number of aromatic nitrogens is 1. The molecule has 0 bridgehead atoms. The first-order valence-corrected chi connectivity index (χ1v) is 6.62. The minimum absolute atomic E-state index is 0.267. The summed E-state index contributed by atoms with van der Waals surface area (Å²) < 4.78 is 5.02. The van der Waals surface area contributed by atoms with Gasteiger partial charge < -0.3 is 15.2 Å². The van der Waals surface area contributed by atoms with Crippen LogP contribution < -0.4 is 5.32 Å². The summed E-state index contributed by atoms with van der Waals surface area (Å²) in [4.78, 5) is 4.34. The average molecular weight is 260 g/mol. The lowest BCUT2D eigenvalue weighted by molar-refractivity contribution is 0.192. The quantitative estimate of drug-likeness (QED) is 0.751. The number of hydrogen-bond acceptors (Lipinski definition) is 4. The maximum Gasteiger partial charge on any atom is 0.133 e. The van der Waals surface area contributed by atoms with Crippen LogP contribution in [0.15, 0.2) is 30.5 Å². The van der Waals surface area contributed by atoms with E-state index in [2.05, 4.69) is 10.3 Å². The van der Waals surface area contributed by atoms with Gasteiger partial charge >= 0.3 is 0 Å². The van der Waals surface area contributed by atoms with E-state index in [0.29, 0.717) is 0 Å². The molecular weight excluding hydrogens is 240 g/mol. The summed E-state index contributed by atoms with van der Waals surface area (Å²) in [6.45, 7) is 1.70. The first-order valence-electron chi connectivity index (χ1n) is 6.62. The van der Waals surface area contributed by atoms with Crippen LogP contribution >= 0.6 is 0 Å². The number of phenolic OH excluding ortho intramolecular Hbond substituents is 1. The number of hydrogen-bond donors (Lipinski definition) is 2. The third-order valence-electron chi connectivity index (χ3n) is 3.07. The van der Waals surface area contributed by atoms with Crippen LogP contribution in [-0.2, 0) is 4.74 Å². The highest BCUT2D eigenvalue weighted by atomic mass is 16.5. The Kier molecular flexibility index (Phi) is 4.98. The third-order valence-corrected chi connectivity index (χ3v) is 3.07. The molecule has 0 atom stereocenters. The molecule has 4 nitrogen and oxygen atoms in total. The summed E-state index contributed by atoms with van der Waals surface area (Å²) in [5, 5.41) is 14.9. The minimum Gasteiger partial charge on any atom is -0.508 e. The molecule has 0 amide bonds. The van der Waals surface area contributed by atoms with Gasteiger partial charge in [0, 0.05) is 31.8 Å². The van der Waals surface area contributed by atoms with E-state index in [9.17, 15) is 5.11 Å². The second-order valence-electron chi connectivity index (χ2n) is 4.55. The number of nitrogens with zero attached hydrogens (tertiary/aromatic N) is 1. The third kappa shape index (κ3) is 3.83. The Labute approximate surface area is 113 Å². The molecule has 0 radical (unpaired) electrons. The Bertz CT molecular complexity index is 529. The predicted octanol–water partition coefficient (Wildman–Crippen LogP) is 3.17. The van der Waals surface area contributed by atoms with E-state index in [0.717, 1.165) is 49.0 Å². The van der Waals surface area contributed by atoms with E-state index in [4.69, 9.17) is 4.74 Å². The summed E-state index contributed by atoms with van der Waals surface area (Å²) in [7, 11) is 1.73. The molecule has 0 saturated heterocycles. The maximum atomic E-state index is 9.55. The molecule has 0 aliphatic carbocycles. The van der Waals surface area contributed by atoms with Crippen LogP contribution in [0.3, 0.4) is 0 Å². The fourth-order valence-corrected chi connectivity index (χ4v) is 2.05. The zero-order chi connectivity index (χ0) is 13.5. The van der Waals surface area contributed by atoms with Crippen LogP contribution in [0.2, 0.25) is 0 Å². The molecular formula is C15H20N2O2. The Morgan fingerprint density at radius 1 is 1.21 bits per heavy atom. The average Bonchev–Trinajstić information content (AvgIpc) is 2.43. The van der Waals surface area contributed by atoms with Gasteiger partial charge in [0.1, 0.15) is 11.6 Å². The van der Waals surface area contributed by atoms with Gasteiger partial charge in [-0.15, -0.1) is 0 Å². The van der Waals surface area contributed by atoms with Crippen molar-refractivity contribution in [3.8, 4) is 5.75 Å². The number of fused-ring (bicyclic) bond motifs is 1. The summed E-state index contributed by atoms with van der Waals surface area (Å²) in [6.07, 6.45) is 5.09. The normalized spacial score (nSPS) is 10.8. The number of unbranched alkanes of at least 4 members (excludes halogenated alkanes) is 2. The van der Waals surface area contributed by atoms with Gasteiger partial charge in [-0.3, -0.25) is 0 Å². The van der Waals surface area contributed by atoms with Crippen molar-refractivity contribution in [3.05, 3.63) is 30.5 Å². The molecule has 1 aromatic heterocycles. The van der Waals surface area contributed by atoms with Crippen LogP contribution in [0.25, 0.3) is 10.8 Å². The van der Waals surface area contributed by atoms with E-state index in [1.54, 1.807) is 25.4 Å². The monoisotopic (exact) mass is 260 g/mol. The van der Waals surface area contributed by atoms with E-state index >= 15 is 0 Å². The van der Waals surface area contributed by atoms with Gasteiger partial charge in [-0.25, -0.2) is 4.98 Å². The Hall–Kier alpha value is -1.81. The van der Waals surface area contributed by atoms with E-state index < -0.39 is 0 Å². The smallest absolute Gasteiger partial charge is 0.133 e. The number of pyridine rings is 1. The zero-order valence-corrected chi connectivity index (χ0v) is 11.2. The van der Waals surface area contributed by atoms with Crippen LogP contribution in [-0.4, -0.2) is 30.4 Å². The van der Waals surface area contributed by atoms with Gasteiger partial charge in [0.2, 0.25) is 0 Å². The van der Waals surface area contributed by atoms with Crippen molar-refractivity contribution >= 4 is 16.6 Å². The molecule has 0 aliphatic heterocycles. The van der Waals surface area contributed by atoms with E-state index in [1.807, 2.05) is 12.1 Å².